The number of nitrogens with zero attached hydrogens (tertiary/aromatic N) is 3. The molecular weight excluding hydrogens is 434 g/mol. The van der Waals surface area contributed by atoms with E-state index in [4.69, 9.17) is 9.84 Å². The Morgan fingerprint density at radius 1 is 1.27 bits per heavy atom. The summed E-state index contributed by atoms with van der Waals surface area (Å²) in [5, 5.41) is 8.99. The Labute approximate surface area is 168 Å². The molecule has 162 valence electrons. The number of carboxylic acid groups (broad SMARTS) is 1. The first kappa shape index (κ1) is 21.9. The average Bonchev–Trinajstić information content (AvgIpc) is 2.67. The van der Waals surface area contributed by atoms with E-state index >= 15 is 0 Å². The highest BCUT2D eigenvalue weighted by atomic mass is 32.2. The zero-order valence-corrected chi connectivity index (χ0v) is 16.0. The lowest BCUT2D eigenvalue weighted by Crippen LogP contribution is -2.44. The molecular formula is C17H15F4N3O5S. The summed E-state index contributed by atoms with van der Waals surface area (Å²) < 4.78 is 83.9. The SMILES string of the molecule is O=C(O)c1cc(S(=O)(=O)N2CCCC(Oc3nccc(C(F)(F)F)n3)C2)ccc1F. The van der Waals surface area contributed by atoms with Gasteiger partial charge in [0, 0.05) is 12.7 Å². The minimum atomic E-state index is -4.69. The Balaban J connectivity index is 1.79. The maximum absolute atomic E-state index is 13.6. The van der Waals surface area contributed by atoms with E-state index in [0.29, 0.717) is 25.0 Å². The van der Waals surface area contributed by atoms with Gasteiger partial charge in [-0.1, -0.05) is 0 Å². The van der Waals surface area contributed by atoms with Crippen LogP contribution in [0.3, 0.4) is 0 Å². The second-order valence-electron chi connectivity index (χ2n) is 6.41. The van der Waals surface area contributed by atoms with Crippen molar-refractivity contribution >= 4 is 16.0 Å². The fourth-order valence-electron chi connectivity index (χ4n) is 2.90. The van der Waals surface area contributed by atoms with Gasteiger partial charge in [-0.2, -0.15) is 22.5 Å². The minimum Gasteiger partial charge on any atom is -0.478 e. The molecule has 1 aromatic carbocycles. The lowest BCUT2D eigenvalue weighted by atomic mass is 10.1. The van der Waals surface area contributed by atoms with E-state index in [9.17, 15) is 30.8 Å². The number of benzene rings is 1. The molecule has 0 saturated carbocycles. The molecule has 13 heteroatoms. The van der Waals surface area contributed by atoms with E-state index in [1.807, 2.05) is 0 Å². The summed E-state index contributed by atoms with van der Waals surface area (Å²) in [5.74, 6) is -2.70. The number of alkyl halides is 3. The highest BCUT2D eigenvalue weighted by molar-refractivity contribution is 7.89. The van der Waals surface area contributed by atoms with Crippen LogP contribution in [0, 0.1) is 5.82 Å². The number of rotatable bonds is 5. The van der Waals surface area contributed by atoms with Gasteiger partial charge in [0.05, 0.1) is 17.0 Å². The van der Waals surface area contributed by atoms with Gasteiger partial charge >= 0.3 is 18.2 Å². The van der Waals surface area contributed by atoms with Crippen LogP contribution in [-0.4, -0.2) is 53.0 Å². The van der Waals surface area contributed by atoms with Crippen molar-refractivity contribution in [3.8, 4) is 6.01 Å². The van der Waals surface area contributed by atoms with Crippen LogP contribution in [-0.2, 0) is 16.2 Å². The molecule has 0 spiro atoms. The first-order chi connectivity index (χ1) is 14.0. The Morgan fingerprint density at radius 3 is 2.67 bits per heavy atom. The van der Waals surface area contributed by atoms with Crippen molar-refractivity contribution in [2.75, 3.05) is 13.1 Å². The number of sulfonamides is 1. The van der Waals surface area contributed by atoms with Crippen molar-refractivity contribution in [1.82, 2.24) is 14.3 Å². The van der Waals surface area contributed by atoms with Gasteiger partial charge in [-0.05, 0) is 37.1 Å². The van der Waals surface area contributed by atoms with Crippen LogP contribution in [0.25, 0.3) is 0 Å². The molecule has 0 aliphatic carbocycles. The summed E-state index contributed by atoms with van der Waals surface area (Å²) in [5.41, 5.74) is -1.99. The molecule has 2 aromatic rings. The predicted molar refractivity (Wildman–Crippen MR) is 92.8 cm³/mol. The van der Waals surface area contributed by atoms with Gasteiger partial charge in [-0.3, -0.25) is 0 Å². The molecule has 2 heterocycles. The number of aromatic nitrogens is 2. The van der Waals surface area contributed by atoms with E-state index in [1.165, 1.54) is 0 Å². The first-order valence-electron chi connectivity index (χ1n) is 8.58. The van der Waals surface area contributed by atoms with E-state index in [-0.39, 0.29) is 13.1 Å². The monoisotopic (exact) mass is 449 g/mol. The Bertz CT molecular complexity index is 1060. The maximum atomic E-state index is 13.6. The number of hydrogen-bond donors (Lipinski definition) is 1. The van der Waals surface area contributed by atoms with Crippen molar-refractivity contribution in [1.29, 1.82) is 0 Å². The van der Waals surface area contributed by atoms with Crippen molar-refractivity contribution in [3.63, 3.8) is 0 Å². The number of hydrogen-bond acceptors (Lipinski definition) is 6. The summed E-state index contributed by atoms with van der Waals surface area (Å²) in [4.78, 5) is 17.6. The number of ether oxygens (including phenoxy) is 1. The topological polar surface area (TPSA) is 110 Å². The normalized spacial score (nSPS) is 18.2. The predicted octanol–water partition coefficient (Wildman–Crippen LogP) is 2.56. The van der Waals surface area contributed by atoms with Crippen LogP contribution in [0.1, 0.15) is 28.9 Å². The van der Waals surface area contributed by atoms with Crippen LogP contribution in [0.2, 0.25) is 0 Å². The largest absolute Gasteiger partial charge is 0.478 e. The third kappa shape index (κ3) is 4.67. The number of carbonyl (C=O) groups is 1. The molecule has 1 fully saturated rings. The highest BCUT2D eigenvalue weighted by Gasteiger charge is 2.35. The van der Waals surface area contributed by atoms with E-state index < -0.39 is 56.3 Å². The van der Waals surface area contributed by atoms with Crippen LogP contribution >= 0.6 is 0 Å². The first-order valence-corrected chi connectivity index (χ1v) is 10.0. The molecule has 0 bridgehead atoms. The molecule has 0 amide bonds. The van der Waals surface area contributed by atoms with Crippen LogP contribution in [0.15, 0.2) is 35.4 Å². The second-order valence-corrected chi connectivity index (χ2v) is 8.35. The molecule has 3 rings (SSSR count). The standard InChI is InChI=1S/C17H15F4N3O5S/c18-13-4-3-11(8-12(13)15(25)26)30(27,28)24-7-1-2-10(9-24)29-16-22-6-5-14(23-16)17(19,20)21/h3-6,8,10H,1-2,7,9H2,(H,25,26). The minimum absolute atomic E-state index is 0.0748. The summed E-state index contributed by atoms with van der Waals surface area (Å²) in [7, 11) is -4.19. The van der Waals surface area contributed by atoms with E-state index in [0.717, 1.165) is 22.6 Å². The van der Waals surface area contributed by atoms with Gasteiger partial charge in [0.2, 0.25) is 10.0 Å². The van der Waals surface area contributed by atoms with Gasteiger partial charge in [0.25, 0.3) is 0 Å². The molecule has 8 nitrogen and oxygen atoms in total. The number of halogens is 4. The molecule has 30 heavy (non-hydrogen) atoms. The smallest absolute Gasteiger partial charge is 0.433 e. The molecule has 1 aliphatic heterocycles. The Morgan fingerprint density at radius 2 is 2.00 bits per heavy atom. The van der Waals surface area contributed by atoms with Gasteiger partial charge in [0.15, 0.2) is 5.69 Å². The van der Waals surface area contributed by atoms with E-state index in [1.54, 1.807) is 0 Å². The molecule has 1 saturated heterocycles. The van der Waals surface area contributed by atoms with Crippen molar-refractivity contribution in [2.24, 2.45) is 0 Å². The summed E-state index contributed by atoms with van der Waals surface area (Å²) in [6.45, 7) is -0.146. The highest BCUT2D eigenvalue weighted by Crippen LogP contribution is 2.29. The van der Waals surface area contributed by atoms with Gasteiger partial charge in [-0.15, -0.1) is 0 Å². The van der Waals surface area contributed by atoms with Crippen LogP contribution in [0.4, 0.5) is 17.6 Å². The van der Waals surface area contributed by atoms with E-state index in [2.05, 4.69) is 9.97 Å². The fourth-order valence-corrected chi connectivity index (χ4v) is 4.44. The quantitative estimate of drug-likeness (QED) is 0.699. The van der Waals surface area contributed by atoms with Crippen molar-refractivity contribution in [3.05, 3.63) is 47.5 Å². The van der Waals surface area contributed by atoms with Gasteiger partial charge < -0.3 is 9.84 Å². The lowest BCUT2D eigenvalue weighted by Gasteiger charge is -2.31. The van der Waals surface area contributed by atoms with Crippen molar-refractivity contribution in [2.45, 2.75) is 30.0 Å². The zero-order valence-electron chi connectivity index (χ0n) is 15.1. The Kier molecular flexibility index (Phi) is 5.94. The van der Waals surface area contributed by atoms with Crippen molar-refractivity contribution < 1.29 is 40.6 Å². The van der Waals surface area contributed by atoms with Crippen LogP contribution in [0.5, 0.6) is 6.01 Å². The molecule has 1 N–H and O–H groups in total. The average molecular weight is 449 g/mol. The lowest BCUT2D eigenvalue weighted by molar-refractivity contribution is -0.141. The summed E-state index contributed by atoms with van der Waals surface area (Å²) in [6, 6.07) is 2.54. The zero-order chi connectivity index (χ0) is 22.1. The Hall–Kier alpha value is -2.80. The molecule has 0 radical (unpaired) electrons. The number of aromatic carboxylic acids is 1. The second kappa shape index (κ2) is 8.14. The summed E-state index contributed by atoms with van der Waals surface area (Å²) >= 11 is 0. The third-order valence-corrected chi connectivity index (χ3v) is 6.20. The molecule has 1 aliphatic rings. The van der Waals surface area contributed by atoms with Gasteiger partial charge in [-0.25, -0.2) is 22.6 Å². The molecule has 1 unspecified atom stereocenters. The van der Waals surface area contributed by atoms with Crippen LogP contribution < -0.4 is 4.74 Å². The fraction of sp³-hybridized carbons (Fsp3) is 0.353. The molecule has 1 aromatic heterocycles. The third-order valence-electron chi connectivity index (χ3n) is 4.34. The summed E-state index contributed by atoms with van der Waals surface area (Å²) in [6.07, 6.45) is -3.95. The maximum Gasteiger partial charge on any atom is 0.433 e. The van der Waals surface area contributed by atoms with Gasteiger partial charge in [0.1, 0.15) is 11.9 Å². The number of piperidine rings is 1. The molecule has 1 atom stereocenters. The number of carboxylic acids is 1.